The van der Waals surface area contributed by atoms with E-state index in [0.717, 1.165) is 18.3 Å². The van der Waals surface area contributed by atoms with Crippen LogP contribution in [0.15, 0.2) is 12.3 Å². The minimum absolute atomic E-state index is 0.424. The maximum atomic E-state index is 4.56. The SMILES string of the molecule is CCn1ccc(NC2CC3CCC2(C)C3(C)C)n1. The molecule has 2 saturated carbocycles. The van der Waals surface area contributed by atoms with Crippen molar-refractivity contribution in [3.63, 3.8) is 0 Å². The minimum Gasteiger partial charge on any atom is -0.365 e. The van der Waals surface area contributed by atoms with Gasteiger partial charge < -0.3 is 5.32 Å². The van der Waals surface area contributed by atoms with Gasteiger partial charge in [0.15, 0.2) is 0 Å². The molecule has 0 saturated heterocycles. The third-order valence-corrected chi connectivity index (χ3v) is 6.08. The normalized spacial score (nSPS) is 37.1. The van der Waals surface area contributed by atoms with Gasteiger partial charge in [0.05, 0.1) is 0 Å². The second-order valence-corrected chi connectivity index (χ2v) is 6.86. The highest BCUT2D eigenvalue weighted by molar-refractivity contribution is 5.36. The summed E-state index contributed by atoms with van der Waals surface area (Å²) < 4.78 is 1.99. The predicted molar refractivity (Wildman–Crippen MR) is 74.5 cm³/mol. The number of rotatable bonds is 3. The third kappa shape index (κ3) is 1.45. The molecule has 2 aliphatic rings. The van der Waals surface area contributed by atoms with Gasteiger partial charge in [-0.2, -0.15) is 5.10 Å². The van der Waals surface area contributed by atoms with Gasteiger partial charge in [-0.05, 0) is 42.9 Å². The van der Waals surface area contributed by atoms with Crippen molar-refractivity contribution in [1.82, 2.24) is 9.78 Å². The van der Waals surface area contributed by atoms with Crippen LogP contribution in [0.5, 0.6) is 0 Å². The molecule has 2 fully saturated rings. The number of aryl methyl sites for hydroxylation is 1. The van der Waals surface area contributed by atoms with Crippen LogP contribution in [-0.4, -0.2) is 15.8 Å². The van der Waals surface area contributed by atoms with E-state index in [1.165, 1.54) is 19.3 Å². The number of nitrogens with one attached hydrogen (secondary N) is 1. The van der Waals surface area contributed by atoms with Crippen molar-refractivity contribution in [3.8, 4) is 0 Å². The summed E-state index contributed by atoms with van der Waals surface area (Å²) in [5.41, 5.74) is 0.894. The van der Waals surface area contributed by atoms with E-state index in [9.17, 15) is 0 Å². The summed E-state index contributed by atoms with van der Waals surface area (Å²) >= 11 is 0. The molecular weight excluding hydrogens is 222 g/mol. The number of anilines is 1. The quantitative estimate of drug-likeness (QED) is 0.885. The van der Waals surface area contributed by atoms with Gasteiger partial charge in [0, 0.05) is 24.8 Å². The molecule has 3 atom stereocenters. The van der Waals surface area contributed by atoms with E-state index in [-0.39, 0.29) is 0 Å². The van der Waals surface area contributed by atoms with E-state index < -0.39 is 0 Å². The van der Waals surface area contributed by atoms with Gasteiger partial charge in [-0.3, -0.25) is 4.68 Å². The first-order valence-corrected chi connectivity index (χ1v) is 7.27. The Labute approximate surface area is 110 Å². The van der Waals surface area contributed by atoms with Crippen LogP contribution in [0, 0.1) is 16.7 Å². The zero-order valence-electron chi connectivity index (χ0n) is 12.0. The van der Waals surface area contributed by atoms with Crippen LogP contribution in [0.25, 0.3) is 0 Å². The van der Waals surface area contributed by atoms with Crippen molar-refractivity contribution < 1.29 is 0 Å². The summed E-state index contributed by atoms with van der Waals surface area (Å²) in [5.74, 6) is 1.93. The molecule has 0 amide bonds. The molecule has 0 aliphatic heterocycles. The van der Waals surface area contributed by atoms with Gasteiger partial charge in [-0.25, -0.2) is 0 Å². The second-order valence-electron chi connectivity index (χ2n) is 6.86. The predicted octanol–water partition coefficient (Wildman–Crippen LogP) is 3.53. The van der Waals surface area contributed by atoms with E-state index in [1.54, 1.807) is 0 Å². The second kappa shape index (κ2) is 3.75. The maximum absolute atomic E-state index is 4.56. The molecule has 2 bridgehead atoms. The van der Waals surface area contributed by atoms with Crippen molar-refractivity contribution in [2.45, 2.75) is 59.5 Å². The molecule has 1 heterocycles. The highest BCUT2D eigenvalue weighted by Crippen LogP contribution is 2.65. The Balaban J connectivity index is 1.79. The fourth-order valence-corrected chi connectivity index (χ4v) is 4.22. The Morgan fingerprint density at radius 2 is 2.22 bits per heavy atom. The smallest absolute Gasteiger partial charge is 0.148 e. The number of nitrogens with zero attached hydrogens (tertiary/aromatic N) is 2. The van der Waals surface area contributed by atoms with Gasteiger partial charge in [0.2, 0.25) is 0 Å². The molecule has 0 aromatic carbocycles. The standard InChI is InChI=1S/C15H25N3/c1-5-18-9-7-13(17-18)16-12-10-11-6-8-15(12,4)14(11,2)3/h7,9,11-12H,5-6,8,10H2,1-4H3,(H,16,17). The lowest BCUT2D eigenvalue weighted by Gasteiger charge is -2.39. The van der Waals surface area contributed by atoms with Crippen LogP contribution in [0.4, 0.5) is 5.82 Å². The van der Waals surface area contributed by atoms with E-state index in [4.69, 9.17) is 0 Å². The minimum atomic E-state index is 0.424. The third-order valence-electron chi connectivity index (χ3n) is 6.08. The van der Waals surface area contributed by atoms with Crippen LogP contribution in [-0.2, 0) is 6.54 Å². The number of hydrogen-bond donors (Lipinski definition) is 1. The molecule has 1 aromatic heterocycles. The Hall–Kier alpha value is -0.990. The van der Waals surface area contributed by atoms with Gasteiger partial charge in [0.1, 0.15) is 5.82 Å². The number of hydrogen-bond acceptors (Lipinski definition) is 2. The van der Waals surface area contributed by atoms with Crippen molar-refractivity contribution in [1.29, 1.82) is 0 Å². The summed E-state index contributed by atoms with van der Waals surface area (Å²) in [6, 6.07) is 2.69. The first-order valence-electron chi connectivity index (χ1n) is 7.27. The summed E-state index contributed by atoms with van der Waals surface area (Å²) in [6.07, 6.45) is 6.13. The van der Waals surface area contributed by atoms with Crippen molar-refractivity contribution in [3.05, 3.63) is 12.3 Å². The Morgan fingerprint density at radius 3 is 2.72 bits per heavy atom. The molecule has 3 heteroatoms. The first-order chi connectivity index (χ1) is 8.47. The van der Waals surface area contributed by atoms with E-state index in [2.05, 4.69) is 50.4 Å². The van der Waals surface area contributed by atoms with Gasteiger partial charge in [-0.1, -0.05) is 20.8 Å². The largest absolute Gasteiger partial charge is 0.365 e. The van der Waals surface area contributed by atoms with E-state index in [1.807, 2.05) is 4.68 Å². The molecule has 3 nitrogen and oxygen atoms in total. The van der Waals surface area contributed by atoms with Crippen molar-refractivity contribution in [2.75, 3.05) is 5.32 Å². The fraction of sp³-hybridized carbons (Fsp3) is 0.800. The van der Waals surface area contributed by atoms with Gasteiger partial charge >= 0.3 is 0 Å². The number of aromatic nitrogens is 2. The van der Waals surface area contributed by atoms with Gasteiger partial charge in [-0.15, -0.1) is 0 Å². The Morgan fingerprint density at radius 1 is 1.44 bits per heavy atom. The molecule has 100 valence electrons. The molecule has 0 spiro atoms. The zero-order chi connectivity index (χ0) is 13.0. The van der Waals surface area contributed by atoms with Gasteiger partial charge in [0.25, 0.3) is 0 Å². The zero-order valence-corrected chi connectivity index (χ0v) is 12.0. The summed E-state index contributed by atoms with van der Waals surface area (Å²) in [7, 11) is 0. The van der Waals surface area contributed by atoms with Crippen molar-refractivity contribution in [2.24, 2.45) is 16.7 Å². The topological polar surface area (TPSA) is 29.9 Å². The molecule has 2 aliphatic carbocycles. The molecular formula is C15H25N3. The summed E-state index contributed by atoms with van der Waals surface area (Å²) in [5, 5.41) is 8.25. The van der Waals surface area contributed by atoms with Crippen molar-refractivity contribution >= 4 is 5.82 Å². The Bertz CT molecular complexity index is 448. The lowest BCUT2D eigenvalue weighted by molar-refractivity contribution is 0.142. The lowest BCUT2D eigenvalue weighted by Crippen LogP contribution is -2.40. The van der Waals surface area contributed by atoms with Crippen LogP contribution >= 0.6 is 0 Å². The maximum Gasteiger partial charge on any atom is 0.148 e. The van der Waals surface area contributed by atoms with E-state index >= 15 is 0 Å². The highest BCUT2D eigenvalue weighted by Gasteiger charge is 2.61. The van der Waals surface area contributed by atoms with Crippen LogP contribution in [0.2, 0.25) is 0 Å². The summed E-state index contributed by atoms with van der Waals surface area (Å²) in [6.45, 7) is 10.4. The Kier molecular flexibility index (Phi) is 2.51. The first kappa shape index (κ1) is 12.1. The lowest BCUT2D eigenvalue weighted by atomic mass is 9.69. The molecule has 3 unspecified atom stereocenters. The monoisotopic (exact) mass is 247 g/mol. The summed E-state index contributed by atoms with van der Waals surface area (Å²) in [4.78, 5) is 0. The molecule has 3 rings (SSSR count). The average molecular weight is 247 g/mol. The number of fused-ring (bicyclic) bond motifs is 2. The molecule has 1 N–H and O–H groups in total. The molecule has 0 radical (unpaired) electrons. The molecule has 1 aromatic rings. The average Bonchev–Trinajstić information content (AvgIpc) is 2.92. The highest BCUT2D eigenvalue weighted by atomic mass is 15.3. The fourth-order valence-electron chi connectivity index (χ4n) is 4.22. The van der Waals surface area contributed by atoms with Crippen LogP contribution in [0.3, 0.4) is 0 Å². The van der Waals surface area contributed by atoms with E-state index in [0.29, 0.717) is 16.9 Å². The van der Waals surface area contributed by atoms with Crippen LogP contribution in [0.1, 0.15) is 47.0 Å². The van der Waals surface area contributed by atoms with Crippen LogP contribution < -0.4 is 5.32 Å². The molecule has 18 heavy (non-hydrogen) atoms.